The molecule has 6 unspecified atom stereocenters. The van der Waals surface area contributed by atoms with Crippen LogP contribution in [0.25, 0.3) is 0 Å². The minimum Gasteiger partial charge on any atom is -0.464 e. The predicted molar refractivity (Wildman–Crippen MR) is 124 cm³/mol. The summed E-state index contributed by atoms with van der Waals surface area (Å²) in [6.07, 6.45) is 6.52. The van der Waals surface area contributed by atoms with Crippen molar-refractivity contribution in [2.24, 2.45) is 17.8 Å². The van der Waals surface area contributed by atoms with Gasteiger partial charge >= 0.3 is 0 Å². The second-order valence-corrected chi connectivity index (χ2v) is 9.82. The summed E-state index contributed by atoms with van der Waals surface area (Å²) >= 11 is 0. The molecule has 0 amide bonds. The SMILES string of the molecule is CCC(C)c1ccc(OC(OC(C)C)C(c2ccccc2)C2CC3CCC2C3)cc1. The Morgan fingerprint density at radius 3 is 2.17 bits per heavy atom. The summed E-state index contributed by atoms with van der Waals surface area (Å²) in [4.78, 5) is 0. The van der Waals surface area contributed by atoms with Crippen LogP contribution in [0.4, 0.5) is 0 Å². The smallest absolute Gasteiger partial charge is 0.207 e. The molecule has 2 saturated carbocycles. The molecule has 2 fully saturated rings. The maximum absolute atomic E-state index is 6.61. The number of fused-ring (bicyclic) bond motifs is 2. The average molecular weight is 407 g/mol. The van der Waals surface area contributed by atoms with E-state index in [1.165, 1.54) is 36.8 Å². The van der Waals surface area contributed by atoms with Crippen LogP contribution in [0.5, 0.6) is 5.75 Å². The summed E-state index contributed by atoms with van der Waals surface area (Å²) in [5.41, 5.74) is 2.73. The lowest BCUT2D eigenvalue weighted by Crippen LogP contribution is -2.37. The van der Waals surface area contributed by atoms with Gasteiger partial charge in [0.2, 0.25) is 6.29 Å². The third-order valence-corrected chi connectivity index (χ3v) is 7.45. The van der Waals surface area contributed by atoms with Gasteiger partial charge in [0.15, 0.2) is 0 Å². The molecule has 2 nitrogen and oxygen atoms in total. The zero-order valence-corrected chi connectivity index (χ0v) is 19.1. The highest BCUT2D eigenvalue weighted by molar-refractivity contribution is 5.30. The molecule has 30 heavy (non-hydrogen) atoms. The van der Waals surface area contributed by atoms with Crippen LogP contribution in [0.1, 0.15) is 82.8 Å². The van der Waals surface area contributed by atoms with Gasteiger partial charge in [-0.2, -0.15) is 0 Å². The van der Waals surface area contributed by atoms with E-state index >= 15 is 0 Å². The van der Waals surface area contributed by atoms with Crippen LogP contribution in [0.3, 0.4) is 0 Å². The van der Waals surface area contributed by atoms with Crippen molar-refractivity contribution in [2.45, 2.75) is 84.0 Å². The largest absolute Gasteiger partial charge is 0.464 e. The Morgan fingerprint density at radius 1 is 0.867 bits per heavy atom. The van der Waals surface area contributed by atoms with E-state index in [1.54, 1.807) is 0 Å². The van der Waals surface area contributed by atoms with Crippen molar-refractivity contribution >= 4 is 0 Å². The zero-order chi connectivity index (χ0) is 21.1. The van der Waals surface area contributed by atoms with E-state index in [0.29, 0.717) is 11.8 Å². The molecule has 0 aliphatic heterocycles. The number of rotatable bonds is 9. The van der Waals surface area contributed by atoms with E-state index in [0.717, 1.165) is 24.0 Å². The first-order valence-corrected chi connectivity index (χ1v) is 12.0. The Morgan fingerprint density at radius 2 is 1.60 bits per heavy atom. The lowest BCUT2D eigenvalue weighted by molar-refractivity contribution is -0.135. The van der Waals surface area contributed by atoms with Crippen molar-refractivity contribution in [1.29, 1.82) is 0 Å². The highest BCUT2D eigenvalue weighted by Gasteiger charge is 2.47. The summed E-state index contributed by atoms with van der Waals surface area (Å²) < 4.78 is 13.1. The molecule has 0 heterocycles. The maximum atomic E-state index is 6.61. The third kappa shape index (κ3) is 4.75. The molecule has 2 aliphatic carbocycles. The number of benzene rings is 2. The fourth-order valence-electron chi connectivity index (χ4n) is 5.71. The van der Waals surface area contributed by atoms with Gasteiger partial charge in [0, 0.05) is 5.92 Å². The quantitative estimate of drug-likeness (QED) is 0.400. The summed E-state index contributed by atoms with van der Waals surface area (Å²) in [6.45, 7) is 8.75. The van der Waals surface area contributed by atoms with E-state index in [4.69, 9.17) is 9.47 Å². The van der Waals surface area contributed by atoms with Crippen LogP contribution >= 0.6 is 0 Å². The normalized spacial score (nSPS) is 26.0. The summed E-state index contributed by atoms with van der Waals surface area (Å²) in [7, 11) is 0. The topological polar surface area (TPSA) is 18.5 Å². The van der Waals surface area contributed by atoms with Crippen LogP contribution < -0.4 is 4.74 Å². The maximum Gasteiger partial charge on any atom is 0.207 e. The van der Waals surface area contributed by atoms with Gasteiger partial charge in [0.25, 0.3) is 0 Å². The Bertz CT molecular complexity index is 782. The van der Waals surface area contributed by atoms with Gasteiger partial charge in [-0.3, -0.25) is 0 Å². The van der Waals surface area contributed by atoms with Crippen molar-refractivity contribution in [1.82, 2.24) is 0 Å². The van der Waals surface area contributed by atoms with Gasteiger partial charge in [0.05, 0.1) is 6.10 Å². The van der Waals surface area contributed by atoms with Crippen LogP contribution in [0.15, 0.2) is 54.6 Å². The lowest BCUT2D eigenvalue weighted by Gasteiger charge is -2.37. The van der Waals surface area contributed by atoms with E-state index in [1.807, 2.05) is 0 Å². The molecular weight excluding hydrogens is 368 g/mol. The minimum atomic E-state index is -0.258. The van der Waals surface area contributed by atoms with Crippen LogP contribution in [-0.2, 0) is 4.74 Å². The molecule has 2 aromatic carbocycles. The summed E-state index contributed by atoms with van der Waals surface area (Å²) in [5.74, 6) is 4.13. The highest BCUT2D eigenvalue weighted by atomic mass is 16.7. The molecule has 0 saturated heterocycles. The summed E-state index contributed by atoms with van der Waals surface area (Å²) in [6, 6.07) is 19.6. The second-order valence-electron chi connectivity index (χ2n) is 9.82. The molecule has 0 radical (unpaired) electrons. The Balaban J connectivity index is 1.62. The fraction of sp³-hybridized carbons (Fsp3) is 0.571. The van der Waals surface area contributed by atoms with Crippen molar-refractivity contribution < 1.29 is 9.47 Å². The van der Waals surface area contributed by atoms with Crippen molar-refractivity contribution in [2.75, 3.05) is 0 Å². The van der Waals surface area contributed by atoms with E-state index < -0.39 is 0 Å². The fourth-order valence-corrected chi connectivity index (χ4v) is 5.71. The first-order chi connectivity index (χ1) is 14.5. The molecule has 4 rings (SSSR count). The molecule has 0 N–H and O–H groups in total. The van der Waals surface area contributed by atoms with Gasteiger partial charge in [-0.25, -0.2) is 0 Å². The average Bonchev–Trinajstić information content (AvgIpc) is 3.38. The molecule has 2 heteroatoms. The highest BCUT2D eigenvalue weighted by Crippen LogP contribution is 2.54. The van der Waals surface area contributed by atoms with Gasteiger partial charge in [0.1, 0.15) is 5.75 Å². The molecule has 0 aromatic heterocycles. The first-order valence-electron chi connectivity index (χ1n) is 12.0. The molecule has 0 spiro atoms. The number of hydrogen-bond acceptors (Lipinski definition) is 2. The number of ether oxygens (including phenoxy) is 2. The molecular formula is C28H38O2. The van der Waals surface area contributed by atoms with E-state index in [2.05, 4.69) is 82.3 Å². The van der Waals surface area contributed by atoms with Gasteiger partial charge in [-0.15, -0.1) is 0 Å². The van der Waals surface area contributed by atoms with E-state index in [9.17, 15) is 0 Å². The molecule has 162 valence electrons. The van der Waals surface area contributed by atoms with Crippen molar-refractivity contribution in [3.8, 4) is 5.75 Å². The monoisotopic (exact) mass is 406 g/mol. The third-order valence-electron chi connectivity index (χ3n) is 7.45. The summed E-state index contributed by atoms with van der Waals surface area (Å²) in [5, 5.41) is 0. The molecule has 6 atom stereocenters. The number of hydrogen-bond donors (Lipinski definition) is 0. The van der Waals surface area contributed by atoms with E-state index in [-0.39, 0.29) is 18.3 Å². The van der Waals surface area contributed by atoms with Crippen LogP contribution in [0, 0.1) is 17.8 Å². The molecule has 2 aliphatic rings. The Hall–Kier alpha value is -1.80. The standard InChI is InChI=1S/C28H38O2/c1-5-20(4)22-13-15-25(16-14-22)30-28(29-19(2)3)27(23-9-7-6-8-10-23)26-18-21-11-12-24(26)17-21/h6-10,13-16,19-21,24,26-28H,5,11-12,17-18H2,1-4H3. The Labute approximate surface area is 183 Å². The second kappa shape index (κ2) is 9.56. The van der Waals surface area contributed by atoms with Crippen molar-refractivity contribution in [3.63, 3.8) is 0 Å². The van der Waals surface area contributed by atoms with Gasteiger partial charge in [-0.05, 0) is 86.5 Å². The van der Waals surface area contributed by atoms with Gasteiger partial charge in [-0.1, -0.05) is 62.7 Å². The Kier molecular flexibility index (Phi) is 6.83. The van der Waals surface area contributed by atoms with Gasteiger partial charge < -0.3 is 9.47 Å². The zero-order valence-electron chi connectivity index (χ0n) is 19.1. The van der Waals surface area contributed by atoms with Crippen LogP contribution in [0.2, 0.25) is 0 Å². The minimum absolute atomic E-state index is 0.124. The van der Waals surface area contributed by atoms with Crippen LogP contribution in [-0.4, -0.2) is 12.4 Å². The molecule has 2 bridgehead atoms. The lowest BCUT2D eigenvalue weighted by atomic mass is 9.75. The predicted octanol–water partition coefficient (Wildman–Crippen LogP) is 7.55. The molecule has 2 aromatic rings. The van der Waals surface area contributed by atoms with Crippen molar-refractivity contribution in [3.05, 3.63) is 65.7 Å². The first kappa shape index (κ1) is 21.4.